The summed E-state index contributed by atoms with van der Waals surface area (Å²) in [6.07, 6.45) is 0. The Hall–Kier alpha value is -1.10. The number of ether oxygens (including phenoxy) is 1. The number of benzene rings is 1. The van der Waals surface area contributed by atoms with Crippen molar-refractivity contribution in [3.05, 3.63) is 29.3 Å². The number of hydrogen-bond donors (Lipinski definition) is 1. The molecule has 0 saturated heterocycles. The lowest BCUT2D eigenvalue weighted by Gasteiger charge is -2.17. The average Bonchev–Trinajstić information content (AvgIpc) is 2.42. The maximum atomic E-state index is 11.6. The minimum Gasteiger partial charge on any atom is -0.370 e. The molecule has 1 rings (SSSR count). The van der Waals surface area contributed by atoms with E-state index in [-0.39, 0.29) is 12.5 Å². The van der Waals surface area contributed by atoms with Crippen LogP contribution in [0.1, 0.15) is 13.8 Å². The van der Waals surface area contributed by atoms with E-state index in [2.05, 4.69) is 24.1 Å². The molecule has 1 aromatic rings. The van der Waals surface area contributed by atoms with Gasteiger partial charge in [0.25, 0.3) is 0 Å². The summed E-state index contributed by atoms with van der Waals surface area (Å²) in [6, 6.07) is 7.13. The third-order valence-corrected chi connectivity index (χ3v) is 3.16. The molecule has 5 heteroatoms. The summed E-state index contributed by atoms with van der Waals surface area (Å²) < 4.78 is 5.34. The van der Waals surface area contributed by atoms with Gasteiger partial charge in [0.2, 0.25) is 5.91 Å². The summed E-state index contributed by atoms with van der Waals surface area (Å²) in [5, 5.41) is 3.24. The number of hydrogen-bond acceptors (Lipinski definition) is 3. The minimum atomic E-state index is -0.187. The number of nitrogens with zero attached hydrogens (tertiary/aromatic N) is 1. The van der Waals surface area contributed by atoms with Crippen LogP contribution in [0.4, 0.5) is 5.69 Å². The molecule has 1 N–H and O–H groups in total. The number of carbonyl (C=O) groups excluding carboxylic acids is 1. The molecule has 0 atom stereocenters. The third kappa shape index (κ3) is 6.05. The number of amides is 1. The number of carbonyl (C=O) groups is 1. The van der Waals surface area contributed by atoms with Crippen LogP contribution >= 0.6 is 11.6 Å². The van der Waals surface area contributed by atoms with Crippen LogP contribution in [-0.2, 0) is 9.53 Å². The topological polar surface area (TPSA) is 41.6 Å². The molecule has 0 unspecified atom stereocenters. The molecular formula is C14H21ClN2O2. The van der Waals surface area contributed by atoms with Gasteiger partial charge in [-0.2, -0.15) is 0 Å². The Morgan fingerprint density at radius 2 is 2.00 bits per heavy atom. The number of rotatable bonds is 8. The molecule has 1 aromatic carbocycles. The molecule has 106 valence electrons. The van der Waals surface area contributed by atoms with Crippen LogP contribution in [0.5, 0.6) is 0 Å². The fraction of sp³-hybridized carbons (Fsp3) is 0.500. The second-order valence-corrected chi connectivity index (χ2v) is 4.51. The Balaban J connectivity index is 2.24. The lowest BCUT2D eigenvalue weighted by atomic mass is 10.3. The van der Waals surface area contributed by atoms with E-state index in [0.717, 1.165) is 19.6 Å². The lowest BCUT2D eigenvalue weighted by Crippen LogP contribution is -2.28. The van der Waals surface area contributed by atoms with Gasteiger partial charge in [-0.25, -0.2) is 0 Å². The van der Waals surface area contributed by atoms with Crippen molar-refractivity contribution >= 4 is 23.2 Å². The summed E-state index contributed by atoms with van der Waals surface area (Å²) in [5.74, 6) is -0.187. The average molecular weight is 285 g/mol. The molecule has 0 radical (unpaired) electrons. The summed E-state index contributed by atoms with van der Waals surface area (Å²) >= 11 is 5.95. The monoisotopic (exact) mass is 284 g/mol. The van der Waals surface area contributed by atoms with Gasteiger partial charge in [-0.1, -0.05) is 37.6 Å². The van der Waals surface area contributed by atoms with E-state index in [1.54, 1.807) is 12.1 Å². The zero-order valence-electron chi connectivity index (χ0n) is 11.5. The fourth-order valence-electron chi connectivity index (χ4n) is 1.65. The fourth-order valence-corrected chi connectivity index (χ4v) is 1.83. The summed E-state index contributed by atoms with van der Waals surface area (Å²) in [6.45, 7) is 7.63. The van der Waals surface area contributed by atoms with E-state index in [1.165, 1.54) is 0 Å². The Morgan fingerprint density at radius 3 is 2.63 bits per heavy atom. The smallest absolute Gasteiger partial charge is 0.250 e. The molecular weight excluding hydrogens is 264 g/mol. The summed E-state index contributed by atoms with van der Waals surface area (Å²) in [4.78, 5) is 13.9. The van der Waals surface area contributed by atoms with E-state index in [0.29, 0.717) is 17.3 Å². The van der Waals surface area contributed by atoms with E-state index >= 15 is 0 Å². The second kappa shape index (κ2) is 8.91. The minimum absolute atomic E-state index is 0.0481. The first kappa shape index (κ1) is 16.0. The van der Waals surface area contributed by atoms with Crippen LogP contribution in [0.2, 0.25) is 5.02 Å². The van der Waals surface area contributed by atoms with E-state index in [9.17, 15) is 4.79 Å². The van der Waals surface area contributed by atoms with E-state index in [1.807, 2.05) is 12.1 Å². The van der Waals surface area contributed by atoms with Crippen LogP contribution in [0.15, 0.2) is 24.3 Å². The van der Waals surface area contributed by atoms with Crippen LogP contribution in [0.25, 0.3) is 0 Å². The Labute approximate surface area is 119 Å². The Bertz CT molecular complexity index is 395. The highest BCUT2D eigenvalue weighted by atomic mass is 35.5. The normalized spacial score (nSPS) is 10.7. The SMILES string of the molecule is CCN(CC)CCOCC(=O)Nc1ccccc1Cl. The number of halogens is 1. The molecule has 0 aliphatic heterocycles. The van der Waals surface area contributed by atoms with Crippen molar-refractivity contribution in [2.24, 2.45) is 0 Å². The highest BCUT2D eigenvalue weighted by molar-refractivity contribution is 6.33. The first-order valence-electron chi connectivity index (χ1n) is 6.51. The summed E-state index contributed by atoms with van der Waals surface area (Å²) in [5.41, 5.74) is 0.613. The van der Waals surface area contributed by atoms with Gasteiger partial charge in [-0.3, -0.25) is 4.79 Å². The van der Waals surface area contributed by atoms with Crippen molar-refractivity contribution in [2.45, 2.75) is 13.8 Å². The van der Waals surface area contributed by atoms with Crippen molar-refractivity contribution < 1.29 is 9.53 Å². The molecule has 0 aromatic heterocycles. The zero-order valence-corrected chi connectivity index (χ0v) is 12.2. The van der Waals surface area contributed by atoms with Gasteiger partial charge in [0.1, 0.15) is 6.61 Å². The molecule has 19 heavy (non-hydrogen) atoms. The van der Waals surface area contributed by atoms with Crippen molar-refractivity contribution in [3.8, 4) is 0 Å². The Morgan fingerprint density at radius 1 is 1.32 bits per heavy atom. The van der Waals surface area contributed by atoms with E-state index in [4.69, 9.17) is 16.3 Å². The Kier molecular flexibility index (Phi) is 7.48. The molecule has 0 aliphatic rings. The molecule has 4 nitrogen and oxygen atoms in total. The van der Waals surface area contributed by atoms with Crippen LogP contribution in [0.3, 0.4) is 0 Å². The number of nitrogens with one attached hydrogen (secondary N) is 1. The predicted octanol–water partition coefficient (Wildman–Crippen LogP) is 2.64. The van der Waals surface area contributed by atoms with Crippen LogP contribution in [-0.4, -0.2) is 43.7 Å². The molecule has 0 spiro atoms. The van der Waals surface area contributed by atoms with E-state index < -0.39 is 0 Å². The third-order valence-electron chi connectivity index (χ3n) is 2.83. The molecule has 0 bridgehead atoms. The quantitative estimate of drug-likeness (QED) is 0.746. The maximum absolute atomic E-state index is 11.6. The van der Waals surface area contributed by atoms with Gasteiger partial charge in [-0.05, 0) is 25.2 Å². The van der Waals surface area contributed by atoms with Gasteiger partial charge in [0.05, 0.1) is 17.3 Å². The van der Waals surface area contributed by atoms with Crippen LogP contribution in [0, 0.1) is 0 Å². The first-order valence-corrected chi connectivity index (χ1v) is 6.89. The standard InChI is InChI=1S/C14H21ClN2O2/c1-3-17(4-2)9-10-19-11-14(18)16-13-8-6-5-7-12(13)15/h5-8H,3-4,9-11H2,1-2H3,(H,16,18). The number of para-hydroxylation sites is 1. The van der Waals surface area contributed by atoms with Crippen molar-refractivity contribution in [1.82, 2.24) is 4.90 Å². The molecule has 1 amide bonds. The molecule has 0 fully saturated rings. The zero-order chi connectivity index (χ0) is 14.1. The number of anilines is 1. The van der Waals surface area contributed by atoms with Crippen molar-refractivity contribution in [3.63, 3.8) is 0 Å². The van der Waals surface area contributed by atoms with Gasteiger partial charge in [-0.15, -0.1) is 0 Å². The predicted molar refractivity (Wildman–Crippen MR) is 78.7 cm³/mol. The molecule has 0 aliphatic carbocycles. The lowest BCUT2D eigenvalue weighted by molar-refractivity contribution is -0.120. The molecule has 0 heterocycles. The van der Waals surface area contributed by atoms with Gasteiger partial charge >= 0.3 is 0 Å². The second-order valence-electron chi connectivity index (χ2n) is 4.11. The highest BCUT2D eigenvalue weighted by Crippen LogP contribution is 2.20. The first-order chi connectivity index (χ1) is 9.17. The molecule has 0 saturated carbocycles. The number of likely N-dealkylation sites (N-methyl/N-ethyl adjacent to an activating group) is 1. The van der Waals surface area contributed by atoms with Gasteiger partial charge < -0.3 is 15.0 Å². The maximum Gasteiger partial charge on any atom is 0.250 e. The van der Waals surface area contributed by atoms with Crippen molar-refractivity contribution in [2.75, 3.05) is 38.2 Å². The van der Waals surface area contributed by atoms with Gasteiger partial charge in [0, 0.05) is 6.54 Å². The van der Waals surface area contributed by atoms with Gasteiger partial charge in [0.15, 0.2) is 0 Å². The van der Waals surface area contributed by atoms with Crippen molar-refractivity contribution in [1.29, 1.82) is 0 Å². The highest BCUT2D eigenvalue weighted by Gasteiger charge is 2.05. The summed E-state index contributed by atoms with van der Waals surface area (Å²) in [7, 11) is 0. The largest absolute Gasteiger partial charge is 0.370 e. The van der Waals surface area contributed by atoms with Crippen LogP contribution < -0.4 is 5.32 Å².